The molecule has 96 valence electrons. The largest absolute Gasteiger partial charge is 0.250 e. The maximum absolute atomic E-state index is 12.0. The summed E-state index contributed by atoms with van der Waals surface area (Å²) < 4.78 is 28.0. The number of hydrogen-bond acceptors (Lipinski definition) is 3. The summed E-state index contributed by atoms with van der Waals surface area (Å²) in [6, 6.07) is 3.39. The number of rotatable bonds is 5. The topological polar surface area (TPSA) is 46.2 Å². The molecule has 1 N–H and O–H groups in total. The molecule has 2 rings (SSSR count). The second-order valence-corrected chi connectivity index (χ2v) is 9.36. The van der Waals surface area contributed by atoms with Crippen LogP contribution in [0.25, 0.3) is 0 Å². The molecule has 0 aliphatic heterocycles. The van der Waals surface area contributed by atoms with Gasteiger partial charge in [0, 0.05) is 6.54 Å². The highest BCUT2D eigenvalue weighted by molar-refractivity contribution is 9.11. The predicted molar refractivity (Wildman–Crippen MR) is 73.7 cm³/mol. The van der Waals surface area contributed by atoms with Crippen molar-refractivity contribution in [3.8, 4) is 0 Å². The van der Waals surface area contributed by atoms with Crippen molar-refractivity contribution in [3.63, 3.8) is 0 Å². The molecule has 0 saturated heterocycles. The van der Waals surface area contributed by atoms with E-state index in [2.05, 4.69) is 34.5 Å². The summed E-state index contributed by atoms with van der Waals surface area (Å²) in [6.45, 7) is 4.87. The highest BCUT2D eigenvalue weighted by atomic mass is 79.9. The number of nitrogens with one attached hydrogen (secondary N) is 1. The zero-order valence-electron chi connectivity index (χ0n) is 9.86. The van der Waals surface area contributed by atoms with Crippen molar-refractivity contribution in [3.05, 3.63) is 15.9 Å². The van der Waals surface area contributed by atoms with Crippen molar-refractivity contribution in [2.45, 2.75) is 30.9 Å². The normalized spacial score (nSPS) is 18.6. The smallest absolute Gasteiger partial charge is 0.210 e. The van der Waals surface area contributed by atoms with Gasteiger partial charge >= 0.3 is 0 Å². The average Bonchev–Trinajstić information content (AvgIpc) is 2.92. The van der Waals surface area contributed by atoms with Crippen LogP contribution in [0, 0.1) is 11.3 Å². The van der Waals surface area contributed by atoms with E-state index in [-0.39, 0.29) is 5.41 Å². The number of thiophene rings is 1. The van der Waals surface area contributed by atoms with Crippen molar-refractivity contribution in [1.29, 1.82) is 0 Å². The van der Waals surface area contributed by atoms with Crippen molar-refractivity contribution in [1.82, 2.24) is 4.72 Å². The molecule has 0 atom stereocenters. The van der Waals surface area contributed by atoms with Gasteiger partial charge in [-0.05, 0) is 52.2 Å². The third kappa shape index (κ3) is 2.92. The summed E-state index contributed by atoms with van der Waals surface area (Å²) in [5, 5.41) is 0. The summed E-state index contributed by atoms with van der Waals surface area (Å²) in [4.78, 5) is 0. The Hall–Kier alpha value is 0.0900. The number of halogens is 1. The van der Waals surface area contributed by atoms with E-state index in [1.807, 2.05) is 0 Å². The lowest BCUT2D eigenvalue weighted by molar-refractivity contribution is 0.357. The van der Waals surface area contributed by atoms with Crippen molar-refractivity contribution >= 4 is 37.3 Å². The SMILES string of the molecule is CC(C)C1(CNS(=O)(=O)c2ccc(Br)s2)CC1. The minimum absolute atomic E-state index is 0.196. The fraction of sp³-hybridized carbons (Fsp3) is 0.636. The fourth-order valence-corrected chi connectivity index (χ4v) is 5.06. The Bertz CT molecular complexity index is 503. The van der Waals surface area contributed by atoms with Crippen LogP contribution in [0.1, 0.15) is 26.7 Å². The third-order valence-electron chi connectivity index (χ3n) is 3.54. The predicted octanol–water partition coefficient (Wildman–Crippen LogP) is 3.23. The van der Waals surface area contributed by atoms with Crippen LogP contribution in [-0.2, 0) is 10.0 Å². The van der Waals surface area contributed by atoms with Crippen molar-refractivity contribution in [2.75, 3.05) is 6.54 Å². The molecular formula is C11H16BrNO2S2. The molecule has 1 aromatic rings. The molecule has 1 aromatic heterocycles. The van der Waals surface area contributed by atoms with E-state index in [0.717, 1.165) is 16.6 Å². The molecule has 0 amide bonds. The van der Waals surface area contributed by atoms with Crippen LogP contribution in [-0.4, -0.2) is 15.0 Å². The van der Waals surface area contributed by atoms with Gasteiger partial charge in [-0.15, -0.1) is 11.3 Å². The van der Waals surface area contributed by atoms with Gasteiger partial charge in [0.1, 0.15) is 4.21 Å². The molecule has 1 heterocycles. The van der Waals surface area contributed by atoms with Gasteiger partial charge in [0.25, 0.3) is 0 Å². The van der Waals surface area contributed by atoms with E-state index in [9.17, 15) is 8.42 Å². The average molecular weight is 338 g/mol. The molecule has 0 aromatic carbocycles. The maximum Gasteiger partial charge on any atom is 0.250 e. The van der Waals surface area contributed by atoms with Crippen LogP contribution in [0.2, 0.25) is 0 Å². The molecule has 0 spiro atoms. The first kappa shape index (κ1) is 13.5. The van der Waals surface area contributed by atoms with Gasteiger partial charge in [0.2, 0.25) is 10.0 Å². The summed E-state index contributed by atoms with van der Waals surface area (Å²) in [7, 11) is -3.33. The first-order chi connectivity index (χ1) is 7.86. The van der Waals surface area contributed by atoms with Crippen molar-refractivity contribution in [2.24, 2.45) is 11.3 Å². The molecule has 1 fully saturated rings. The second kappa shape index (κ2) is 4.64. The van der Waals surface area contributed by atoms with E-state index < -0.39 is 10.0 Å². The van der Waals surface area contributed by atoms with Gasteiger partial charge in [-0.2, -0.15) is 0 Å². The molecule has 6 heteroatoms. The van der Waals surface area contributed by atoms with Crippen molar-refractivity contribution < 1.29 is 8.42 Å². The van der Waals surface area contributed by atoms with Crippen LogP contribution >= 0.6 is 27.3 Å². The van der Waals surface area contributed by atoms with Gasteiger partial charge in [-0.3, -0.25) is 0 Å². The first-order valence-corrected chi connectivity index (χ1v) is 8.70. The van der Waals surface area contributed by atoms with Gasteiger partial charge in [-0.25, -0.2) is 13.1 Å². The molecule has 3 nitrogen and oxygen atoms in total. The zero-order valence-corrected chi connectivity index (χ0v) is 13.1. The Morgan fingerprint density at radius 2 is 2.12 bits per heavy atom. The van der Waals surface area contributed by atoms with Gasteiger partial charge in [-0.1, -0.05) is 13.8 Å². The highest BCUT2D eigenvalue weighted by Gasteiger charge is 2.45. The number of hydrogen-bond donors (Lipinski definition) is 1. The summed E-state index contributed by atoms with van der Waals surface area (Å²) in [5.74, 6) is 0.528. The van der Waals surface area contributed by atoms with E-state index in [1.165, 1.54) is 11.3 Å². The Morgan fingerprint density at radius 3 is 2.53 bits per heavy atom. The lowest BCUT2D eigenvalue weighted by Gasteiger charge is -2.19. The summed E-state index contributed by atoms with van der Waals surface area (Å²) >= 11 is 4.52. The molecule has 0 bridgehead atoms. The molecular weight excluding hydrogens is 322 g/mol. The highest BCUT2D eigenvalue weighted by Crippen LogP contribution is 2.51. The molecule has 1 aliphatic rings. The van der Waals surface area contributed by atoms with Gasteiger partial charge < -0.3 is 0 Å². The Labute approximate surface area is 115 Å². The van der Waals surface area contributed by atoms with E-state index in [0.29, 0.717) is 16.7 Å². The first-order valence-electron chi connectivity index (χ1n) is 5.61. The maximum atomic E-state index is 12.0. The van der Waals surface area contributed by atoms with Crippen LogP contribution < -0.4 is 4.72 Å². The molecule has 0 unspecified atom stereocenters. The Morgan fingerprint density at radius 1 is 1.47 bits per heavy atom. The minimum Gasteiger partial charge on any atom is -0.210 e. The second-order valence-electron chi connectivity index (χ2n) is 4.90. The fourth-order valence-electron chi connectivity index (χ4n) is 1.87. The molecule has 17 heavy (non-hydrogen) atoms. The standard InChI is InChI=1S/C11H16BrNO2S2/c1-8(2)11(5-6-11)7-13-17(14,15)10-4-3-9(12)16-10/h3-4,8,13H,5-7H2,1-2H3. The van der Waals surface area contributed by atoms with Crippen LogP contribution in [0.3, 0.4) is 0 Å². The lowest BCUT2D eigenvalue weighted by Crippen LogP contribution is -2.32. The van der Waals surface area contributed by atoms with E-state index in [1.54, 1.807) is 12.1 Å². The Kier molecular flexibility index (Phi) is 3.69. The molecule has 0 radical (unpaired) electrons. The van der Waals surface area contributed by atoms with Crippen LogP contribution in [0.4, 0.5) is 0 Å². The van der Waals surface area contributed by atoms with E-state index in [4.69, 9.17) is 0 Å². The zero-order chi connectivity index (χ0) is 12.7. The van der Waals surface area contributed by atoms with E-state index >= 15 is 0 Å². The summed E-state index contributed by atoms with van der Waals surface area (Å²) in [5.41, 5.74) is 0.196. The third-order valence-corrected chi connectivity index (χ3v) is 7.06. The van der Waals surface area contributed by atoms with Crippen LogP contribution in [0.15, 0.2) is 20.1 Å². The lowest BCUT2D eigenvalue weighted by atomic mass is 9.93. The number of sulfonamides is 1. The summed E-state index contributed by atoms with van der Waals surface area (Å²) in [6.07, 6.45) is 2.25. The quantitative estimate of drug-likeness (QED) is 0.896. The molecule has 1 aliphatic carbocycles. The minimum atomic E-state index is -3.33. The van der Waals surface area contributed by atoms with Crippen LogP contribution in [0.5, 0.6) is 0 Å². The Balaban J connectivity index is 2.04. The monoisotopic (exact) mass is 337 g/mol. The van der Waals surface area contributed by atoms with Gasteiger partial charge in [0.05, 0.1) is 3.79 Å². The molecule has 1 saturated carbocycles. The van der Waals surface area contributed by atoms with Gasteiger partial charge in [0.15, 0.2) is 0 Å².